The number of aryl methyl sites for hydroxylation is 3. The second-order valence-corrected chi connectivity index (χ2v) is 12.0. The Hall–Kier alpha value is -2.97. The van der Waals surface area contributed by atoms with Crippen molar-refractivity contribution in [1.82, 2.24) is 0 Å². The number of hydrogen-bond acceptors (Lipinski definition) is 2. The number of rotatable bonds is 10. The first-order chi connectivity index (χ1) is 17.8. The second kappa shape index (κ2) is 11.8. The van der Waals surface area contributed by atoms with Crippen molar-refractivity contribution in [3.63, 3.8) is 0 Å². The molecule has 0 saturated carbocycles. The van der Waals surface area contributed by atoms with Crippen LogP contribution in [0.3, 0.4) is 0 Å². The standard InChI is InChI=1S/C36H46O2/c1-10-36(11-2,31-17-15-28(24(3)21-31)16-20-34(38)35(7,8)9)32-18-19-33(25(4)22-32)30-14-12-13-29(23-30)26(5)27(6)37/h12-15,17-19,21-23,34,38H,5,10-11,16,20H2,1-4,6-9H3. The summed E-state index contributed by atoms with van der Waals surface area (Å²) in [7, 11) is 0. The fraction of sp³-hybridized carbons (Fsp3) is 0.417. The molecular weight excluding hydrogens is 464 g/mol. The summed E-state index contributed by atoms with van der Waals surface area (Å²) >= 11 is 0. The molecule has 202 valence electrons. The zero-order valence-electron chi connectivity index (χ0n) is 24.7. The minimum Gasteiger partial charge on any atom is -0.393 e. The van der Waals surface area contributed by atoms with Crippen LogP contribution < -0.4 is 0 Å². The third-order valence-electron chi connectivity index (χ3n) is 8.52. The van der Waals surface area contributed by atoms with E-state index in [1.165, 1.54) is 33.4 Å². The van der Waals surface area contributed by atoms with Crippen molar-refractivity contribution in [2.75, 3.05) is 0 Å². The van der Waals surface area contributed by atoms with E-state index in [-0.39, 0.29) is 22.7 Å². The zero-order chi connectivity index (χ0) is 28.3. The van der Waals surface area contributed by atoms with Gasteiger partial charge < -0.3 is 5.11 Å². The molecule has 3 aromatic rings. The van der Waals surface area contributed by atoms with Gasteiger partial charge in [0, 0.05) is 11.0 Å². The zero-order valence-corrected chi connectivity index (χ0v) is 24.7. The van der Waals surface area contributed by atoms with E-state index in [1.54, 1.807) is 6.92 Å². The number of aliphatic hydroxyl groups excluding tert-OH is 1. The molecule has 2 nitrogen and oxygen atoms in total. The van der Waals surface area contributed by atoms with E-state index in [4.69, 9.17) is 0 Å². The molecule has 1 N–H and O–H groups in total. The van der Waals surface area contributed by atoms with Gasteiger partial charge in [0.05, 0.1) is 6.10 Å². The first kappa shape index (κ1) is 29.6. The van der Waals surface area contributed by atoms with Gasteiger partial charge in [0.2, 0.25) is 0 Å². The van der Waals surface area contributed by atoms with Gasteiger partial charge in [0.15, 0.2) is 5.78 Å². The van der Waals surface area contributed by atoms with Crippen LogP contribution in [0.1, 0.15) is 94.2 Å². The summed E-state index contributed by atoms with van der Waals surface area (Å²) in [5, 5.41) is 10.5. The number of allylic oxidation sites excluding steroid dienone is 1. The van der Waals surface area contributed by atoms with Crippen LogP contribution in [-0.2, 0) is 16.6 Å². The van der Waals surface area contributed by atoms with Gasteiger partial charge in [-0.25, -0.2) is 0 Å². The Labute approximate surface area is 230 Å². The van der Waals surface area contributed by atoms with Crippen LogP contribution >= 0.6 is 0 Å². The van der Waals surface area contributed by atoms with Crippen LogP contribution in [0.2, 0.25) is 0 Å². The van der Waals surface area contributed by atoms with Gasteiger partial charge in [-0.3, -0.25) is 4.79 Å². The lowest BCUT2D eigenvalue weighted by Crippen LogP contribution is -2.27. The van der Waals surface area contributed by atoms with E-state index in [2.05, 4.69) is 104 Å². The van der Waals surface area contributed by atoms with Gasteiger partial charge in [-0.2, -0.15) is 0 Å². The maximum atomic E-state index is 11.9. The van der Waals surface area contributed by atoms with Crippen LogP contribution in [0.25, 0.3) is 16.7 Å². The van der Waals surface area contributed by atoms with Crippen molar-refractivity contribution in [2.45, 2.75) is 92.6 Å². The first-order valence-electron chi connectivity index (χ1n) is 14.0. The Morgan fingerprint density at radius 3 is 2.03 bits per heavy atom. The molecule has 3 aromatic carbocycles. The molecule has 1 unspecified atom stereocenters. The summed E-state index contributed by atoms with van der Waals surface area (Å²) in [5.74, 6) is -0.00316. The lowest BCUT2D eigenvalue weighted by Gasteiger charge is -2.34. The van der Waals surface area contributed by atoms with Crippen LogP contribution in [0.4, 0.5) is 0 Å². The van der Waals surface area contributed by atoms with Crippen LogP contribution in [0, 0.1) is 19.3 Å². The minimum absolute atomic E-state index is 0.00316. The molecule has 0 fully saturated rings. The third-order valence-corrected chi connectivity index (χ3v) is 8.52. The molecule has 0 aliphatic heterocycles. The molecule has 0 radical (unpaired) electrons. The number of ketones is 1. The van der Waals surface area contributed by atoms with Gasteiger partial charge in [-0.1, -0.05) is 95.8 Å². The average Bonchev–Trinajstić information content (AvgIpc) is 2.88. The highest BCUT2D eigenvalue weighted by Gasteiger charge is 2.31. The quantitative estimate of drug-likeness (QED) is 0.276. The Balaban J connectivity index is 1.96. The topological polar surface area (TPSA) is 37.3 Å². The van der Waals surface area contributed by atoms with E-state index in [0.717, 1.165) is 36.8 Å². The highest BCUT2D eigenvalue weighted by Crippen LogP contribution is 2.41. The smallest absolute Gasteiger partial charge is 0.159 e. The predicted octanol–water partition coefficient (Wildman–Crippen LogP) is 9.02. The van der Waals surface area contributed by atoms with Crippen LogP contribution in [0.5, 0.6) is 0 Å². The normalized spacial score (nSPS) is 12.9. The molecule has 0 heterocycles. The van der Waals surface area contributed by atoms with Crippen LogP contribution in [0.15, 0.2) is 67.2 Å². The van der Waals surface area contributed by atoms with Gasteiger partial charge in [-0.15, -0.1) is 0 Å². The number of aliphatic hydroxyl groups is 1. The van der Waals surface area contributed by atoms with Crippen molar-refractivity contribution in [3.05, 3.63) is 101 Å². The molecule has 0 saturated heterocycles. The Kier molecular flexibility index (Phi) is 9.21. The fourth-order valence-corrected chi connectivity index (χ4v) is 5.60. The fourth-order valence-electron chi connectivity index (χ4n) is 5.60. The molecule has 0 aliphatic rings. The number of carbonyl (C=O) groups is 1. The molecule has 0 amide bonds. The third kappa shape index (κ3) is 6.18. The van der Waals surface area contributed by atoms with Gasteiger partial charge in [-0.05, 0) is 102 Å². The molecule has 0 spiro atoms. The summed E-state index contributed by atoms with van der Waals surface area (Å²) in [6, 6.07) is 21.9. The Morgan fingerprint density at radius 2 is 1.50 bits per heavy atom. The highest BCUT2D eigenvalue weighted by atomic mass is 16.3. The molecule has 1 atom stereocenters. The summed E-state index contributed by atoms with van der Waals surface area (Å²) in [6.07, 6.45) is 3.38. The van der Waals surface area contributed by atoms with Crippen LogP contribution in [-0.4, -0.2) is 17.0 Å². The maximum absolute atomic E-state index is 11.9. The van der Waals surface area contributed by atoms with E-state index in [1.807, 2.05) is 12.1 Å². The largest absolute Gasteiger partial charge is 0.393 e. The molecule has 2 heteroatoms. The van der Waals surface area contributed by atoms with E-state index >= 15 is 0 Å². The SMILES string of the molecule is C=C(C(C)=O)c1cccc(-c2ccc(C(CC)(CC)c3ccc(CCC(O)C(C)(C)C)c(C)c3)cc2C)c1. The molecular formula is C36H46O2. The van der Waals surface area contributed by atoms with Gasteiger partial charge >= 0.3 is 0 Å². The monoisotopic (exact) mass is 510 g/mol. The second-order valence-electron chi connectivity index (χ2n) is 12.0. The van der Waals surface area contributed by atoms with Crippen molar-refractivity contribution < 1.29 is 9.90 Å². The number of carbonyl (C=O) groups excluding carboxylic acids is 1. The summed E-state index contributed by atoms with van der Waals surface area (Å²) in [4.78, 5) is 11.9. The van der Waals surface area contributed by atoms with Gasteiger partial charge in [0.1, 0.15) is 0 Å². The van der Waals surface area contributed by atoms with Crippen molar-refractivity contribution in [3.8, 4) is 11.1 Å². The van der Waals surface area contributed by atoms with E-state index in [9.17, 15) is 9.90 Å². The number of benzene rings is 3. The first-order valence-corrected chi connectivity index (χ1v) is 14.0. The maximum Gasteiger partial charge on any atom is 0.159 e. The Bertz CT molecular complexity index is 1300. The summed E-state index contributed by atoms with van der Waals surface area (Å²) in [5.41, 5.74) is 10.1. The molecule has 0 aliphatic carbocycles. The molecule has 38 heavy (non-hydrogen) atoms. The lowest BCUT2D eigenvalue weighted by atomic mass is 9.69. The molecule has 0 aromatic heterocycles. The van der Waals surface area contributed by atoms with Crippen molar-refractivity contribution in [1.29, 1.82) is 0 Å². The van der Waals surface area contributed by atoms with Crippen molar-refractivity contribution >= 4 is 11.4 Å². The molecule has 0 bridgehead atoms. The number of hydrogen-bond donors (Lipinski definition) is 1. The number of Topliss-reactive ketones (excluding diaryl/α,β-unsaturated/α-hetero) is 1. The van der Waals surface area contributed by atoms with Crippen molar-refractivity contribution in [2.24, 2.45) is 5.41 Å². The summed E-state index contributed by atoms with van der Waals surface area (Å²) < 4.78 is 0. The molecule has 3 rings (SSSR count). The predicted molar refractivity (Wildman–Crippen MR) is 163 cm³/mol. The minimum atomic E-state index is -0.310. The van der Waals surface area contributed by atoms with E-state index in [0.29, 0.717) is 5.57 Å². The van der Waals surface area contributed by atoms with E-state index < -0.39 is 0 Å². The lowest BCUT2D eigenvalue weighted by molar-refractivity contribution is -0.111. The Morgan fingerprint density at radius 1 is 0.895 bits per heavy atom. The van der Waals surface area contributed by atoms with Gasteiger partial charge in [0.25, 0.3) is 0 Å². The summed E-state index contributed by atoms with van der Waals surface area (Å²) in [6.45, 7) is 20.8. The highest BCUT2D eigenvalue weighted by molar-refractivity contribution is 6.18. The average molecular weight is 511 g/mol.